The molecule has 0 heterocycles. The summed E-state index contributed by atoms with van der Waals surface area (Å²) in [4.78, 5) is 12.6. The van der Waals surface area contributed by atoms with Crippen LogP contribution < -0.4 is 19.1 Å². The first-order valence-corrected chi connectivity index (χ1v) is 11.4. The lowest BCUT2D eigenvalue weighted by Gasteiger charge is -2.19. The third-order valence-corrected chi connectivity index (χ3v) is 6.87. The molecule has 0 saturated carbocycles. The molecule has 0 aliphatic heterocycles. The topological polar surface area (TPSA) is 84.9 Å². The van der Waals surface area contributed by atoms with Gasteiger partial charge in [-0.25, -0.2) is 8.42 Å². The van der Waals surface area contributed by atoms with Gasteiger partial charge in [-0.2, -0.15) is 0 Å². The predicted octanol–water partition coefficient (Wildman–Crippen LogP) is 3.50. The van der Waals surface area contributed by atoms with E-state index in [-0.39, 0.29) is 10.8 Å². The van der Waals surface area contributed by atoms with Gasteiger partial charge in [-0.1, -0.05) is 24.3 Å². The molecule has 0 aliphatic rings. The fraction of sp³-hybridized carbons (Fsp3) is 0.208. The Labute approximate surface area is 188 Å². The summed E-state index contributed by atoms with van der Waals surface area (Å²) >= 11 is 0. The minimum Gasteiger partial charge on any atom is -0.497 e. The predicted molar refractivity (Wildman–Crippen MR) is 124 cm³/mol. The van der Waals surface area contributed by atoms with Gasteiger partial charge in [-0.05, 0) is 54.4 Å². The zero-order valence-electron chi connectivity index (χ0n) is 18.2. The third kappa shape index (κ3) is 5.20. The Bertz CT molecular complexity index is 1160. The van der Waals surface area contributed by atoms with E-state index in [1.807, 2.05) is 18.2 Å². The summed E-state index contributed by atoms with van der Waals surface area (Å²) in [6.45, 7) is 0.401. The van der Waals surface area contributed by atoms with Crippen molar-refractivity contribution in [2.24, 2.45) is 0 Å². The second kappa shape index (κ2) is 10.2. The maximum Gasteiger partial charge on any atom is 0.264 e. The van der Waals surface area contributed by atoms with Gasteiger partial charge in [0.05, 0.1) is 24.8 Å². The van der Waals surface area contributed by atoms with Crippen molar-refractivity contribution in [3.8, 4) is 11.5 Å². The molecule has 0 atom stereocenters. The number of nitrogens with zero attached hydrogens (tertiary/aromatic N) is 1. The largest absolute Gasteiger partial charge is 0.497 e. The van der Waals surface area contributed by atoms with Crippen LogP contribution in [0, 0.1) is 0 Å². The highest BCUT2D eigenvalue weighted by Gasteiger charge is 2.21. The van der Waals surface area contributed by atoms with E-state index in [9.17, 15) is 13.2 Å². The van der Waals surface area contributed by atoms with Crippen molar-refractivity contribution in [2.45, 2.75) is 11.3 Å². The van der Waals surface area contributed by atoms with E-state index in [0.717, 1.165) is 5.56 Å². The number of carbonyl (C=O) groups is 1. The van der Waals surface area contributed by atoms with Gasteiger partial charge >= 0.3 is 0 Å². The molecular formula is C24H26N2O5S. The van der Waals surface area contributed by atoms with E-state index in [0.29, 0.717) is 35.7 Å². The van der Waals surface area contributed by atoms with Gasteiger partial charge in [0.2, 0.25) is 0 Å². The average molecular weight is 455 g/mol. The van der Waals surface area contributed by atoms with Gasteiger partial charge in [0.1, 0.15) is 11.5 Å². The van der Waals surface area contributed by atoms with Crippen molar-refractivity contribution in [1.29, 1.82) is 0 Å². The Balaban J connectivity index is 1.63. The van der Waals surface area contributed by atoms with Crippen molar-refractivity contribution in [3.63, 3.8) is 0 Å². The average Bonchev–Trinajstić information content (AvgIpc) is 2.84. The molecule has 1 amide bonds. The zero-order valence-corrected chi connectivity index (χ0v) is 19.1. The van der Waals surface area contributed by atoms with Crippen molar-refractivity contribution in [1.82, 2.24) is 5.32 Å². The van der Waals surface area contributed by atoms with Gasteiger partial charge in [0, 0.05) is 25.2 Å². The van der Waals surface area contributed by atoms with E-state index in [1.54, 1.807) is 44.6 Å². The Morgan fingerprint density at radius 3 is 2.25 bits per heavy atom. The third-order valence-electron chi connectivity index (χ3n) is 5.07. The lowest BCUT2D eigenvalue weighted by Crippen LogP contribution is -2.27. The standard InChI is InChI=1S/C24H26N2O5S/c1-26(20-7-5-4-6-8-20)32(28,29)22-13-10-19(11-14-22)24(27)25-16-15-18-9-12-21(30-2)17-23(18)31-3/h4-14,17H,15-16H2,1-3H3,(H,25,27). The fourth-order valence-electron chi connectivity index (χ4n) is 3.18. The summed E-state index contributed by atoms with van der Waals surface area (Å²) < 4.78 is 37.5. The van der Waals surface area contributed by atoms with Crippen LogP contribution in [0.25, 0.3) is 0 Å². The number of nitrogens with one attached hydrogen (secondary N) is 1. The summed E-state index contributed by atoms with van der Waals surface area (Å²) in [5, 5.41) is 2.85. The van der Waals surface area contributed by atoms with E-state index < -0.39 is 10.0 Å². The molecule has 0 bridgehead atoms. The highest BCUT2D eigenvalue weighted by molar-refractivity contribution is 7.92. The number of sulfonamides is 1. The van der Waals surface area contributed by atoms with Crippen LogP contribution in [0.5, 0.6) is 11.5 Å². The maximum atomic E-state index is 12.9. The number of anilines is 1. The van der Waals surface area contributed by atoms with Gasteiger partial charge in [0.15, 0.2) is 0 Å². The molecule has 0 aliphatic carbocycles. The van der Waals surface area contributed by atoms with Crippen LogP contribution in [0.2, 0.25) is 0 Å². The Kier molecular flexibility index (Phi) is 7.37. The molecule has 3 aromatic rings. The van der Waals surface area contributed by atoms with Crippen LogP contribution in [0.3, 0.4) is 0 Å². The van der Waals surface area contributed by atoms with E-state index in [1.165, 1.54) is 35.6 Å². The summed E-state index contributed by atoms with van der Waals surface area (Å²) in [6, 6.07) is 20.2. The van der Waals surface area contributed by atoms with Crippen molar-refractivity contribution >= 4 is 21.6 Å². The summed E-state index contributed by atoms with van der Waals surface area (Å²) in [7, 11) is 0.948. The molecule has 3 aromatic carbocycles. The molecule has 3 rings (SSSR count). The number of methoxy groups -OCH3 is 2. The van der Waals surface area contributed by atoms with Crippen LogP contribution in [0.15, 0.2) is 77.7 Å². The van der Waals surface area contributed by atoms with Crippen LogP contribution in [-0.4, -0.2) is 42.1 Å². The zero-order chi connectivity index (χ0) is 23.1. The normalized spacial score (nSPS) is 11.0. The summed E-state index contributed by atoms with van der Waals surface area (Å²) in [5.41, 5.74) is 1.88. The molecule has 168 valence electrons. The van der Waals surface area contributed by atoms with Crippen molar-refractivity contribution in [2.75, 3.05) is 32.1 Å². The fourth-order valence-corrected chi connectivity index (χ4v) is 4.38. The lowest BCUT2D eigenvalue weighted by molar-refractivity contribution is 0.0954. The molecule has 0 unspecified atom stereocenters. The molecule has 0 spiro atoms. The number of benzene rings is 3. The van der Waals surface area contributed by atoms with E-state index in [4.69, 9.17) is 9.47 Å². The van der Waals surface area contributed by atoms with Crippen molar-refractivity contribution < 1.29 is 22.7 Å². The SMILES string of the molecule is COc1ccc(CCNC(=O)c2ccc(S(=O)(=O)N(C)c3ccccc3)cc2)c(OC)c1. The first-order valence-electron chi connectivity index (χ1n) is 10.00. The van der Waals surface area contributed by atoms with Gasteiger partial charge < -0.3 is 14.8 Å². The molecule has 0 saturated heterocycles. The molecule has 0 aromatic heterocycles. The lowest BCUT2D eigenvalue weighted by atomic mass is 10.1. The molecule has 32 heavy (non-hydrogen) atoms. The van der Waals surface area contributed by atoms with Crippen LogP contribution in [0.1, 0.15) is 15.9 Å². The minimum absolute atomic E-state index is 0.114. The number of hydrogen-bond donors (Lipinski definition) is 1. The second-order valence-corrected chi connectivity index (χ2v) is 8.99. The van der Waals surface area contributed by atoms with Gasteiger partial charge in [0.25, 0.3) is 15.9 Å². The van der Waals surface area contributed by atoms with Crippen molar-refractivity contribution in [3.05, 3.63) is 83.9 Å². The smallest absolute Gasteiger partial charge is 0.264 e. The van der Waals surface area contributed by atoms with Crippen LogP contribution in [0.4, 0.5) is 5.69 Å². The summed E-state index contributed by atoms with van der Waals surface area (Å²) in [5.74, 6) is 1.11. The second-order valence-electron chi connectivity index (χ2n) is 7.02. The van der Waals surface area contributed by atoms with E-state index >= 15 is 0 Å². The molecular weight excluding hydrogens is 428 g/mol. The number of amides is 1. The Morgan fingerprint density at radius 2 is 1.62 bits per heavy atom. The number of ether oxygens (including phenoxy) is 2. The number of hydrogen-bond acceptors (Lipinski definition) is 5. The molecule has 7 nitrogen and oxygen atoms in total. The van der Waals surface area contributed by atoms with Gasteiger partial charge in [-0.3, -0.25) is 9.10 Å². The van der Waals surface area contributed by atoms with Gasteiger partial charge in [-0.15, -0.1) is 0 Å². The molecule has 1 N–H and O–H groups in total. The summed E-state index contributed by atoms with van der Waals surface area (Å²) in [6.07, 6.45) is 0.577. The minimum atomic E-state index is -3.72. The highest BCUT2D eigenvalue weighted by atomic mass is 32.2. The highest BCUT2D eigenvalue weighted by Crippen LogP contribution is 2.25. The molecule has 0 fully saturated rings. The van der Waals surface area contributed by atoms with Crippen LogP contribution >= 0.6 is 0 Å². The number of carbonyl (C=O) groups excluding carboxylic acids is 1. The number of para-hydroxylation sites is 1. The first kappa shape index (κ1) is 23.1. The Hall–Kier alpha value is -3.52. The van der Waals surface area contributed by atoms with E-state index in [2.05, 4.69) is 5.32 Å². The number of rotatable bonds is 9. The monoisotopic (exact) mass is 454 g/mol. The quantitative estimate of drug-likeness (QED) is 0.535. The Morgan fingerprint density at radius 1 is 0.938 bits per heavy atom. The first-order chi connectivity index (χ1) is 15.4. The van der Waals surface area contributed by atoms with Crippen LogP contribution in [-0.2, 0) is 16.4 Å². The molecule has 0 radical (unpaired) electrons. The molecule has 8 heteroatoms. The maximum absolute atomic E-state index is 12.9.